The van der Waals surface area contributed by atoms with Gasteiger partial charge in [0.2, 0.25) is 0 Å². The average molecular weight is 346 g/mol. The van der Waals surface area contributed by atoms with E-state index in [1.165, 1.54) is 30.6 Å². The molecule has 1 aromatic heterocycles. The van der Waals surface area contributed by atoms with Crippen LogP contribution in [0.2, 0.25) is 0 Å². The van der Waals surface area contributed by atoms with Crippen LogP contribution in [0.1, 0.15) is 21.8 Å². The zero-order valence-electron chi connectivity index (χ0n) is 10.6. The minimum atomic E-state index is -1.03. The SMILES string of the molecule is N#CC(C(=O)c1cc(Br)cc([N+](=O)[O-])c1)c1ccncc1. The Hall–Kier alpha value is -2.59. The maximum Gasteiger partial charge on any atom is 0.271 e. The quantitative estimate of drug-likeness (QED) is 0.481. The molecule has 6 nitrogen and oxygen atoms in total. The molecule has 0 fully saturated rings. The number of aromatic nitrogens is 1. The minimum Gasteiger partial charge on any atom is -0.292 e. The molecule has 1 aromatic carbocycles. The number of rotatable bonds is 4. The number of nitrogens with zero attached hydrogens (tertiary/aromatic N) is 3. The second-order valence-electron chi connectivity index (χ2n) is 4.16. The molecule has 1 unspecified atom stereocenters. The molecule has 21 heavy (non-hydrogen) atoms. The van der Waals surface area contributed by atoms with Crippen molar-refractivity contribution in [1.29, 1.82) is 5.26 Å². The number of pyridine rings is 1. The number of carbonyl (C=O) groups excluding carboxylic acids is 1. The highest BCUT2D eigenvalue weighted by atomic mass is 79.9. The normalized spacial score (nSPS) is 11.4. The zero-order chi connectivity index (χ0) is 15.4. The highest BCUT2D eigenvalue weighted by molar-refractivity contribution is 9.10. The molecule has 0 N–H and O–H groups in total. The van der Waals surface area contributed by atoms with Crippen LogP contribution in [0.4, 0.5) is 5.69 Å². The van der Waals surface area contributed by atoms with Crippen molar-refractivity contribution in [3.8, 4) is 6.07 Å². The van der Waals surface area contributed by atoms with Crippen LogP contribution in [-0.2, 0) is 0 Å². The molecule has 0 spiro atoms. The van der Waals surface area contributed by atoms with Crippen molar-refractivity contribution in [3.05, 3.63) is 68.4 Å². The van der Waals surface area contributed by atoms with Crippen molar-refractivity contribution in [3.63, 3.8) is 0 Å². The number of benzene rings is 1. The van der Waals surface area contributed by atoms with E-state index >= 15 is 0 Å². The summed E-state index contributed by atoms with van der Waals surface area (Å²) >= 11 is 3.13. The van der Waals surface area contributed by atoms with Crippen molar-refractivity contribution in [2.24, 2.45) is 0 Å². The lowest BCUT2D eigenvalue weighted by atomic mass is 9.92. The number of hydrogen-bond donors (Lipinski definition) is 0. The first kappa shape index (κ1) is 14.8. The van der Waals surface area contributed by atoms with Crippen LogP contribution in [0.5, 0.6) is 0 Å². The van der Waals surface area contributed by atoms with Crippen LogP contribution in [0.25, 0.3) is 0 Å². The average Bonchev–Trinajstić information content (AvgIpc) is 2.48. The molecule has 1 atom stereocenters. The molecule has 0 aliphatic carbocycles. The lowest BCUT2D eigenvalue weighted by Crippen LogP contribution is -2.11. The number of hydrogen-bond acceptors (Lipinski definition) is 5. The second-order valence-corrected chi connectivity index (χ2v) is 5.08. The van der Waals surface area contributed by atoms with Gasteiger partial charge in [0, 0.05) is 34.6 Å². The molecule has 0 bridgehead atoms. The van der Waals surface area contributed by atoms with Gasteiger partial charge >= 0.3 is 0 Å². The molecule has 0 saturated carbocycles. The minimum absolute atomic E-state index is 0.111. The number of non-ortho nitro benzene ring substituents is 1. The molecule has 1 heterocycles. The summed E-state index contributed by atoms with van der Waals surface area (Å²) in [6, 6.07) is 8.98. The Labute approximate surface area is 128 Å². The van der Waals surface area contributed by atoms with Gasteiger partial charge in [-0.05, 0) is 23.8 Å². The van der Waals surface area contributed by atoms with Crippen LogP contribution in [0.3, 0.4) is 0 Å². The van der Waals surface area contributed by atoms with Crippen molar-refractivity contribution in [2.75, 3.05) is 0 Å². The predicted molar refractivity (Wildman–Crippen MR) is 77.7 cm³/mol. The monoisotopic (exact) mass is 345 g/mol. The fourth-order valence-corrected chi connectivity index (χ4v) is 2.31. The predicted octanol–water partition coefficient (Wildman–Crippen LogP) is 3.24. The Balaban J connectivity index is 2.44. The van der Waals surface area contributed by atoms with Gasteiger partial charge in [0.15, 0.2) is 5.78 Å². The number of nitriles is 1. The highest BCUT2D eigenvalue weighted by Crippen LogP contribution is 2.26. The Morgan fingerprint density at radius 3 is 2.57 bits per heavy atom. The number of Topliss-reactive ketones (excluding diaryl/α,β-unsaturated/α-hetero) is 1. The van der Waals surface area contributed by atoms with Crippen molar-refractivity contribution in [1.82, 2.24) is 4.98 Å². The Morgan fingerprint density at radius 1 is 1.33 bits per heavy atom. The number of ketones is 1. The van der Waals surface area contributed by atoms with Gasteiger partial charge in [-0.25, -0.2) is 0 Å². The highest BCUT2D eigenvalue weighted by Gasteiger charge is 2.23. The van der Waals surface area contributed by atoms with Crippen molar-refractivity contribution < 1.29 is 9.72 Å². The van der Waals surface area contributed by atoms with E-state index in [-0.39, 0.29) is 11.3 Å². The summed E-state index contributed by atoms with van der Waals surface area (Å²) in [4.78, 5) is 26.5. The van der Waals surface area contributed by atoms with Gasteiger partial charge < -0.3 is 0 Å². The number of nitro groups is 1. The molecule has 2 rings (SSSR count). The number of halogens is 1. The van der Waals surface area contributed by atoms with Crippen LogP contribution < -0.4 is 0 Å². The molecule has 0 aliphatic rings. The van der Waals surface area contributed by atoms with E-state index < -0.39 is 16.6 Å². The molecule has 2 aromatic rings. The van der Waals surface area contributed by atoms with Crippen LogP contribution >= 0.6 is 15.9 Å². The van der Waals surface area contributed by atoms with Gasteiger partial charge in [0.05, 0.1) is 11.0 Å². The number of nitro benzene ring substituents is 1. The topological polar surface area (TPSA) is 96.9 Å². The first-order valence-corrected chi connectivity index (χ1v) is 6.61. The van der Waals surface area contributed by atoms with Crippen LogP contribution in [0, 0.1) is 21.4 Å². The maximum atomic E-state index is 12.4. The van der Waals surface area contributed by atoms with E-state index in [4.69, 9.17) is 0 Å². The molecule has 0 aliphatic heterocycles. The smallest absolute Gasteiger partial charge is 0.271 e. The van der Waals surface area contributed by atoms with Gasteiger partial charge in [-0.2, -0.15) is 5.26 Å². The Morgan fingerprint density at radius 2 is 2.00 bits per heavy atom. The zero-order valence-corrected chi connectivity index (χ0v) is 12.1. The van der Waals surface area contributed by atoms with E-state index in [0.717, 1.165) is 0 Å². The van der Waals surface area contributed by atoms with Gasteiger partial charge in [-0.3, -0.25) is 19.9 Å². The standard InChI is InChI=1S/C14H8BrN3O3/c15-11-5-10(6-12(7-11)18(20)21)14(19)13(8-16)9-1-3-17-4-2-9/h1-7,13H. The van der Waals surface area contributed by atoms with E-state index in [0.29, 0.717) is 10.0 Å². The molecule has 0 saturated heterocycles. The van der Waals surface area contributed by atoms with Crippen molar-refractivity contribution >= 4 is 27.4 Å². The third kappa shape index (κ3) is 3.30. The van der Waals surface area contributed by atoms with Gasteiger partial charge in [-0.1, -0.05) is 15.9 Å². The summed E-state index contributed by atoms with van der Waals surface area (Å²) in [5.41, 5.74) is 0.402. The van der Waals surface area contributed by atoms with Gasteiger partial charge in [0.25, 0.3) is 5.69 Å². The first-order chi connectivity index (χ1) is 10.0. The maximum absolute atomic E-state index is 12.4. The molecule has 104 valence electrons. The van der Waals surface area contributed by atoms with E-state index in [1.54, 1.807) is 12.1 Å². The second kappa shape index (κ2) is 6.24. The van der Waals surface area contributed by atoms with Gasteiger partial charge in [-0.15, -0.1) is 0 Å². The fourth-order valence-electron chi connectivity index (χ4n) is 1.83. The van der Waals surface area contributed by atoms with Gasteiger partial charge in [0.1, 0.15) is 5.92 Å². The Kier molecular flexibility index (Phi) is 4.40. The van der Waals surface area contributed by atoms with E-state index in [2.05, 4.69) is 20.9 Å². The van der Waals surface area contributed by atoms with E-state index in [1.807, 2.05) is 6.07 Å². The third-order valence-corrected chi connectivity index (χ3v) is 3.27. The summed E-state index contributed by atoms with van der Waals surface area (Å²) < 4.78 is 0.409. The molecular formula is C14H8BrN3O3. The lowest BCUT2D eigenvalue weighted by Gasteiger charge is -2.08. The summed E-state index contributed by atoms with van der Waals surface area (Å²) in [7, 11) is 0. The first-order valence-electron chi connectivity index (χ1n) is 5.81. The molecular weight excluding hydrogens is 338 g/mol. The number of carbonyl (C=O) groups is 1. The van der Waals surface area contributed by atoms with Crippen LogP contribution in [-0.4, -0.2) is 15.7 Å². The summed E-state index contributed by atoms with van der Waals surface area (Å²) in [6.07, 6.45) is 2.96. The Bertz CT molecular complexity index is 741. The fraction of sp³-hybridized carbons (Fsp3) is 0.0714. The summed E-state index contributed by atoms with van der Waals surface area (Å²) in [5, 5.41) is 20.1. The summed E-state index contributed by atoms with van der Waals surface area (Å²) in [5.74, 6) is -1.52. The lowest BCUT2D eigenvalue weighted by molar-refractivity contribution is -0.385. The molecule has 0 amide bonds. The van der Waals surface area contributed by atoms with Crippen molar-refractivity contribution in [2.45, 2.75) is 5.92 Å². The largest absolute Gasteiger partial charge is 0.292 e. The van der Waals surface area contributed by atoms with E-state index in [9.17, 15) is 20.2 Å². The van der Waals surface area contributed by atoms with Crippen LogP contribution in [0.15, 0.2) is 47.2 Å². The summed E-state index contributed by atoms with van der Waals surface area (Å²) in [6.45, 7) is 0. The molecule has 0 radical (unpaired) electrons. The third-order valence-electron chi connectivity index (χ3n) is 2.81. The molecule has 7 heteroatoms.